The Morgan fingerprint density at radius 2 is 1.65 bits per heavy atom. The van der Waals surface area contributed by atoms with E-state index in [4.69, 9.17) is 4.99 Å². The second-order valence-corrected chi connectivity index (χ2v) is 9.24. The molecule has 0 radical (unpaired) electrons. The number of aliphatic imine (C=N–C) groups is 1. The van der Waals surface area contributed by atoms with E-state index in [0.29, 0.717) is 25.1 Å². The molecule has 2 aliphatic heterocycles. The maximum atomic E-state index is 9.35. The van der Waals surface area contributed by atoms with Crippen molar-refractivity contribution < 1.29 is 5.11 Å². The van der Waals surface area contributed by atoms with E-state index in [9.17, 15) is 5.11 Å². The first kappa shape index (κ1) is 26.6. The summed E-state index contributed by atoms with van der Waals surface area (Å²) in [5.74, 6) is 1.36. The largest absolute Gasteiger partial charge is 0.396 e. The molecule has 0 amide bonds. The van der Waals surface area contributed by atoms with Crippen LogP contribution in [0.5, 0.6) is 0 Å². The Morgan fingerprint density at radius 1 is 0.941 bits per heavy atom. The Balaban J connectivity index is 0.00000324. The van der Waals surface area contributed by atoms with Crippen molar-refractivity contribution in [3.8, 4) is 0 Å². The molecule has 0 saturated carbocycles. The van der Waals surface area contributed by atoms with Crippen molar-refractivity contribution >= 4 is 41.3 Å². The highest BCUT2D eigenvalue weighted by Gasteiger charge is 2.21. The Hall–Kier alpha value is -2.00. The van der Waals surface area contributed by atoms with Crippen molar-refractivity contribution in [3.63, 3.8) is 0 Å². The van der Waals surface area contributed by atoms with Crippen LogP contribution >= 0.6 is 24.0 Å². The van der Waals surface area contributed by atoms with Crippen LogP contribution in [0.1, 0.15) is 38.2 Å². The first-order chi connectivity index (χ1) is 16.2. The standard InChI is InChI=1S/C27H39N5O.HI/c1-2-28-27(30-24-7-6-16-32(20-24)25-8-4-3-5-9-25)29-19-22-10-12-26(13-11-22)31-17-14-23(21-33)15-18-31;/h3-5,8-13,23-24,33H,2,6-7,14-21H2,1H3,(H2,28,29,30);1H. The van der Waals surface area contributed by atoms with Crippen molar-refractivity contribution in [1.82, 2.24) is 10.6 Å². The molecule has 0 aromatic heterocycles. The summed E-state index contributed by atoms with van der Waals surface area (Å²) < 4.78 is 0. The van der Waals surface area contributed by atoms with E-state index in [1.54, 1.807) is 0 Å². The van der Waals surface area contributed by atoms with E-state index in [0.717, 1.165) is 57.9 Å². The molecule has 0 bridgehead atoms. The molecule has 1 unspecified atom stereocenters. The zero-order valence-corrected chi connectivity index (χ0v) is 22.7. The Morgan fingerprint density at radius 3 is 2.32 bits per heavy atom. The SMILES string of the molecule is CCNC(=NCc1ccc(N2CCC(CO)CC2)cc1)NC1CCCN(c2ccccc2)C1.I. The highest BCUT2D eigenvalue weighted by atomic mass is 127. The van der Waals surface area contributed by atoms with E-state index >= 15 is 0 Å². The minimum absolute atomic E-state index is 0. The zero-order valence-electron chi connectivity index (χ0n) is 20.3. The first-order valence-electron chi connectivity index (χ1n) is 12.5. The van der Waals surface area contributed by atoms with Crippen molar-refractivity contribution in [3.05, 3.63) is 60.2 Å². The van der Waals surface area contributed by atoms with Gasteiger partial charge in [0.1, 0.15) is 0 Å². The molecule has 4 rings (SSSR count). The number of hydrogen-bond donors (Lipinski definition) is 3. The summed E-state index contributed by atoms with van der Waals surface area (Å²) in [5.41, 5.74) is 3.79. The van der Waals surface area contributed by atoms with Crippen molar-refractivity contribution in [2.45, 2.75) is 45.2 Å². The smallest absolute Gasteiger partial charge is 0.191 e. The number of rotatable bonds is 7. The predicted molar refractivity (Wildman–Crippen MR) is 154 cm³/mol. The first-order valence-corrected chi connectivity index (χ1v) is 12.5. The molecule has 2 heterocycles. The van der Waals surface area contributed by atoms with E-state index in [1.165, 1.54) is 23.4 Å². The molecule has 2 aromatic carbocycles. The quantitative estimate of drug-likeness (QED) is 0.261. The topological polar surface area (TPSA) is 63.1 Å². The number of nitrogens with zero attached hydrogens (tertiary/aromatic N) is 3. The van der Waals surface area contributed by atoms with Crippen LogP contribution in [0.2, 0.25) is 0 Å². The summed E-state index contributed by atoms with van der Waals surface area (Å²) in [5, 5.41) is 16.4. The lowest BCUT2D eigenvalue weighted by Gasteiger charge is -2.35. The van der Waals surface area contributed by atoms with Gasteiger partial charge in [-0.25, -0.2) is 4.99 Å². The van der Waals surface area contributed by atoms with E-state index in [1.807, 2.05) is 0 Å². The number of hydrogen-bond acceptors (Lipinski definition) is 4. The van der Waals surface area contributed by atoms with Gasteiger partial charge in [0.05, 0.1) is 6.54 Å². The lowest BCUT2D eigenvalue weighted by Crippen LogP contribution is -2.51. The van der Waals surface area contributed by atoms with Gasteiger partial charge in [-0.1, -0.05) is 30.3 Å². The van der Waals surface area contributed by atoms with Crippen LogP contribution in [0.25, 0.3) is 0 Å². The molecular formula is C27H40IN5O. The normalized spacial score (nSPS) is 19.5. The van der Waals surface area contributed by atoms with Crippen LogP contribution in [0.3, 0.4) is 0 Å². The second-order valence-electron chi connectivity index (χ2n) is 9.24. The third-order valence-corrected chi connectivity index (χ3v) is 6.82. The Kier molecular flexibility index (Phi) is 10.8. The van der Waals surface area contributed by atoms with Gasteiger partial charge in [-0.2, -0.15) is 0 Å². The highest BCUT2D eigenvalue weighted by Crippen LogP contribution is 2.23. The number of halogens is 1. The molecule has 2 aromatic rings. The molecule has 6 nitrogen and oxygen atoms in total. The molecule has 186 valence electrons. The second kappa shape index (κ2) is 13.8. The van der Waals surface area contributed by atoms with Gasteiger partial charge < -0.3 is 25.5 Å². The van der Waals surface area contributed by atoms with E-state index in [2.05, 4.69) is 82.0 Å². The number of guanidine groups is 1. The highest BCUT2D eigenvalue weighted by molar-refractivity contribution is 14.0. The third kappa shape index (κ3) is 7.50. The monoisotopic (exact) mass is 577 g/mol. The maximum absolute atomic E-state index is 9.35. The van der Waals surface area contributed by atoms with Gasteiger partial charge in [0, 0.05) is 56.7 Å². The summed E-state index contributed by atoms with van der Waals surface area (Å²) in [4.78, 5) is 9.76. The summed E-state index contributed by atoms with van der Waals surface area (Å²) in [6.07, 6.45) is 4.49. The number of aliphatic hydroxyl groups excluding tert-OH is 1. The van der Waals surface area contributed by atoms with Gasteiger partial charge in [-0.05, 0) is 68.4 Å². The van der Waals surface area contributed by atoms with E-state index in [-0.39, 0.29) is 24.0 Å². The minimum atomic E-state index is 0. The molecule has 2 saturated heterocycles. The minimum Gasteiger partial charge on any atom is -0.396 e. The molecule has 7 heteroatoms. The summed E-state index contributed by atoms with van der Waals surface area (Å²) >= 11 is 0. The molecule has 2 fully saturated rings. The van der Waals surface area contributed by atoms with Crippen molar-refractivity contribution in [2.24, 2.45) is 10.9 Å². The Labute approximate surface area is 221 Å². The molecule has 1 atom stereocenters. The fourth-order valence-electron chi connectivity index (χ4n) is 4.84. The maximum Gasteiger partial charge on any atom is 0.191 e. The number of aliphatic hydroxyl groups is 1. The van der Waals surface area contributed by atoms with Crippen molar-refractivity contribution in [2.75, 3.05) is 49.1 Å². The number of benzene rings is 2. The molecule has 3 N–H and O–H groups in total. The van der Waals surface area contributed by atoms with E-state index < -0.39 is 0 Å². The third-order valence-electron chi connectivity index (χ3n) is 6.82. The van der Waals surface area contributed by atoms with Gasteiger partial charge in [0.15, 0.2) is 5.96 Å². The lowest BCUT2D eigenvalue weighted by molar-refractivity contribution is 0.203. The van der Waals surface area contributed by atoms with Crippen LogP contribution in [0.4, 0.5) is 11.4 Å². The number of anilines is 2. The average Bonchev–Trinajstić information content (AvgIpc) is 2.88. The average molecular weight is 578 g/mol. The van der Waals surface area contributed by atoms with Gasteiger partial charge in [0.25, 0.3) is 0 Å². The zero-order chi connectivity index (χ0) is 22.9. The summed E-state index contributed by atoms with van der Waals surface area (Å²) in [6, 6.07) is 19.9. The fraction of sp³-hybridized carbons (Fsp3) is 0.519. The van der Waals surface area contributed by atoms with Crippen LogP contribution in [0, 0.1) is 5.92 Å². The summed E-state index contributed by atoms with van der Waals surface area (Å²) in [6.45, 7) is 8.11. The van der Waals surface area contributed by atoms with Gasteiger partial charge in [0.2, 0.25) is 0 Å². The lowest BCUT2D eigenvalue weighted by atomic mass is 9.97. The molecular weight excluding hydrogens is 537 g/mol. The van der Waals surface area contributed by atoms with Crippen LogP contribution in [0.15, 0.2) is 59.6 Å². The number of nitrogens with one attached hydrogen (secondary N) is 2. The van der Waals surface area contributed by atoms with Crippen LogP contribution in [-0.2, 0) is 6.54 Å². The summed E-state index contributed by atoms with van der Waals surface area (Å²) in [7, 11) is 0. The van der Waals surface area contributed by atoms with Crippen LogP contribution < -0.4 is 20.4 Å². The Bertz CT molecular complexity index is 868. The van der Waals surface area contributed by atoms with Gasteiger partial charge >= 0.3 is 0 Å². The predicted octanol–water partition coefficient (Wildman–Crippen LogP) is 4.24. The van der Waals surface area contributed by atoms with Gasteiger partial charge in [-0.3, -0.25) is 0 Å². The molecule has 34 heavy (non-hydrogen) atoms. The molecule has 0 aliphatic carbocycles. The molecule has 0 spiro atoms. The van der Waals surface area contributed by atoms with Crippen molar-refractivity contribution in [1.29, 1.82) is 0 Å². The van der Waals surface area contributed by atoms with Gasteiger partial charge in [-0.15, -0.1) is 24.0 Å². The molecule has 2 aliphatic rings. The van der Waals surface area contributed by atoms with Crippen LogP contribution in [-0.4, -0.2) is 56.4 Å². The fourth-order valence-corrected chi connectivity index (χ4v) is 4.84. The number of para-hydroxylation sites is 1. The number of piperidine rings is 2.